The van der Waals surface area contributed by atoms with Gasteiger partial charge in [-0.1, -0.05) is 6.92 Å². The van der Waals surface area contributed by atoms with E-state index in [1.165, 1.54) is 6.20 Å². The van der Waals surface area contributed by atoms with Crippen molar-refractivity contribution in [3.63, 3.8) is 0 Å². The van der Waals surface area contributed by atoms with Crippen molar-refractivity contribution in [2.75, 3.05) is 26.2 Å². The Labute approximate surface area is 121 Å². The van der Waals surface area contributed by atoms with Gasteiger partial charge >= 0.3 is 0 Å². The van der Waals surface area contributed by atoms with E-state index in [4.69, 9.17) is 0 Å². The Bertz CT molecular complexity index is 518. The van der Waals surface area contributed by atoms with Gasteiger partial charge in [0.15, 0.2) is 5.03 Å². The highest BCUT2D eigenvalue weighted by atomic mass is 32.2. The lowest BCUT2D eigenvalue weighted by Gasteiger charge is -2.30. The molecule has 0 atom stereocenters. The number of aryl methyl sites for hydroxylation is 1. The molecule has 0 amide bonds. The number of hydrogen-bond donors (Lipinski definition) is 2. The molecule has 0 unspecified atom stereocenters. The second kappa shape index (κ2) is 6.69. The Morgan fingerprint density at radius 1 is 1.45 bits per heavy atom. The monoisotopic (exact) mass is 300 g/mol. The molecule has 6 nitrogen and oxygen atoms in total. The van der Waals surface area contributed by atoms with E-state index in [1.807, 2.05) is 0 Å². The first kappa shape index (κ1) is 15.5. The minimum atomic E-state index is -3.39. The number of rotatable bonds is 6. The summed E-state index contributed by atoms with van der Waals surface area (Å²) in [6.45, 7) is 7.12. The van der Waals surface area contributed by atoms with Gasteiger partial charge in [-0.2, -0.15) is 4.31 Å². The van der Waals surface area contributed by atoms with Gasteiger partial charge in [0, 0.05) is 13.1 Å². The zero-order chi connectivity index (χ0) is 14.6. The van der Waals surface area contributed by atoms with Gasteiger partial charge in [-0.15, -0.1) is 0 Å². The van der Waals surface area contributed by atoms with Crippen molar-refractivity contribution in [3.8, 4) is 0 Å². The van der Waals surface area contributed by atoms with E-state index in [2.05, 4.69) is 22.2 Å². The summed E-state index contributed by atoms with van der Waals surface area (Å²) >= 11 is 0. The third-order valence-corrected chi connectivity index (χ3v) is 5.54. The fraction of sp³-hybridized carbons (Fsp3) is 0.769. The topological polar surface area (TPSA) is 78.1 Å². The largest absolute Gasteiger partial charge is 0.332 e. The van der Waals surface area contributed by atoms with Crippen LogP contribution in [0.2, 0.25) is 0 Å². The van der Waals surface area contributed by atoms with Crippen LogP contribution in [0.25, 0.3) is 0 Å². The first-order valence-electron chi connectivity index (χ1n) is 7.26. The van der Waals surface area contributed by atoms with E-state index >= 15 is 0 Å². The summed E-state index contributed by atoms with van der Waals surface area (Å²) in [7, 11) is -3.39. The molecule has 2 N–H and O–H groups in total. The molecule has 0 aromatic carbocycles. The first-order chi connectivity index (χ1) is 9.54. The highest BCUT2D eigenvalue weighted by molar-refractivity contribution is 7.89. The molecule has 0 saturated carbocycles. The number of aromatic amines is 1. The van der Waals surface area contributed by atoms with Gasteiger partial charge in [-0.05, 0) is 45.2 Å². The Morgan fingerprint density at radius 2 is 2.15 bits per heavy atom. The summed E-state index contributed by atoms with van der Waals surface area (Å²) < 4.78 is 26.4. The molecule has 20 heavy (non-hydrogen) atoms. The number of sulfonamides is 1. The molecule has 1 aromatic heterocycles. The van der Waals surface area contributed by atoms with Gasteiger partial charge in [-0.3, -0.25) is 0 Å². The molecule has 0 spiro atoms. The lowest BCUT2D eigenvalue weighted by Crippen LogP contribution is -2.40. The number of aromatic nitrogens is 2. The quantitative estimate of drug-likeness (QED) is 0.772. The molecule has 2 rings (SSSR count). The average Bonchev–Trinajstić information content (AvgIpc) is 2.87. The van der Waals surface area contributed by atoms with Crippen molar-refractivity contribution in [2.45, 2.75) is 38.1 Å². The zero-order valence-electron chi connectivity index (χ0n) is 12.2. The van der Waals surface area contributed by atoms with Crippen LogP contribution in [-0.2, 0) is 10.0 Å². The molecular formula is C13H24N4O2S. The Hall–Kier alpha value is -0.920. The van der Waals surface area contributed by atoms with Gasteiger partial charge in [0.25, 0.3) is 10.0 Å². The van der Waals surface area contributed by atoms with E-state index in [1.54, 1.807) is 11.2 Å². The molecule has 0 radical (unpaired) electrons. The van der Waals surface area contributed by atoms with Crippen LogP contribution in [0.1, 0.15) is 32.0 Å². The number of piperidine rings is 1. The van der Waals surface area contributed by atoms with Crippen LogP contribution in [0.3, 0.4) is 0 Å². The van der Waals surface area contributed by atoms with E-state index in [-0.39, 0.29) is 5.03 Å². The van der Waals surface area contributed by atoms with Crippen LogP contribution in [0, 0.1) is 12.8 Å². The molecule has 1 fully saturated rings. The van der Waals surface area contributed by atoms with Crippen molar-refractivity contribution in [1.29, 1.82) is 0 Å². The minimum absolute atomic E-state index is 0.206. The van der Waals surface area contributed by atoms with Gasteiger partial charge in [-0.25, -0.2) is 13.4 Å². The highest BCUT2D eigenvalue weighted by Gasteiger charge is 2.30. The van der Waals surface area contributed by atoms with Crippen LogP contribution >= 0.6 is 0 Å². The van der Waals surface area contributed by atoms with Crippen molar-refractivity contribution in [3.05, 3.63) is 12.0 Å². The van der Waals surface area contributed by atoms with Crippen LogP contribution in [0.15, 0.2) is 11.2 Å². The minimum Gasteiger partial charge on any atom is -0.332 e. The maximum Gasteiger partial charge on any atom is 0.260 e. The molecule has 1 aromatic rings. The Morgan fingerprint density at radius 3 is 2.70 bits per heavy atom. The molecular weight excluding hydrogens is 276 g/mol. The van der Waals surface area contributed by atoms with Crippen LogP contribution in [0.5, 0.6) is 0 Å². The predicted molar refractivity (Wildman–Crippen MR) is 78.0 cm³/mol. The molecule has 1 aliphatic heterocycles. The van der Waals surface area contributed by atoms with Crippen LogP contribution in [-0.4, -0.2) is 48.9 Å². The summed E-state index contributed by atoms with van der Waals surface area (Å²) in [6.07, 6.45) is 4.37. The third-order valence-electron chi connectivity index (χ3n) is 3.73. The smallest absolute Gasteiger partial charge is 0.260 e. The molecule has 0 aliphatic carbocycles. The average molecular weight is 300 g/mol. The number of H-pyrrole nitrogens is 1. The second-order valence-electron chi connectivity index (χ2n) is 5.38. The standard InChI is InChI=1S/C13H24N4O2S/c1-3-6-14-9-12-4-7-17(8-5-12)20(18,19)13-10-15-11(2)16-13/h10,12,14H,3-9H2,1-2H3,(H,15,16). The van der Waals surface area contributed by atoms with Crippen LogP contribution < -0.4 is 5.32 Å². The van der Waals surface area contributed by atoms with Gasteiger partial charge < -0.3 is 10.3 Å². The lowest BCUT2D eigenvalue weighted by atomic mass is 9.98. The van der Waals surface area contributed by atoms with Gasteiger partial charge in [0.2, 0.25) is 0 Å². The molecule has 7 heteroatoms. The summed E-state index contributed by atoms with van der Waals surface area (Å²) in [6, 6.07) is 0. The van der Waals surface area contributed by atoms with Crippen molar-refractivity contribution < 1.29 is 8.42 Å². The first-order valence-corrected chi connectivity index (χ1v) is 8.70. The number of nitrogens with one attached hydrogen (secondary N) is 2. The van der Waals surface area contributed by atoms with E-state index < -0.39 is 10.0 Å². The molecule has 2 heterocycles. The SMILES string of the molecule is CCCNCC1CCN(S(=O)(=O)c2cnc(C)[nH]2)CC1. The fourth-order valence-corrected chi connectivity index (χ4v) is 3.94. The molecule has 0 bridgehead atoms. The molecule has 1 aliphatic rings. The third kappa shape index (κ3) is 3.59. The number of imidazole rings is 1. The summed E-state index contributed by atoms with van der Waals surface area (Å²) in [4.78, 5) is 6.78. The van der Waals surface area contributed by atoms with E-state index in [0.29, 0.717) is 24.8 Å². The predicted octanol–water partition coefficient (Wildman–Crippen LogP) is 1.12. The summed E-state index contributed by atoms with van der Waals surface area (Å²) in [5, 5.41) is 3.62. The highest BCUT2D eigenvalue weighted by Crippen LogP contribution is 2.22. The fourth-order valence-electron chi connectivity index (χ4n) is 2.51. The molecule has 1 saturated heterocycles. The Kier molecular flexibility index (Phi) is 5.17. The van der Waals surface area contributed by atoms with Gasteiger partial charge in [0.05, 0.1) is 6.20 Å². The van der Waals surface area contributed by atoms with Crippen LogP contribution in [0.4, 0.5) is 0 Å². The Balaban J connectivity index is 1.90. The van der Waals surface area contributed by atoms with Crippen molar-refractivity contribution >= 4 is 10.0 Å². The summed E-state index contributed by atoms with van der Waals surface area (Å²) in [5.74, 6) is 1.21. The summed E-state index contributed by atoms with van der Waals surface area (Å²) in [5.41, 5.74) is 0. The zero-order valence-corrected chi connectivity index (χ0v) is 13.0. The van der Waals surface area contributed by atoms with Gasteiger partial charge in [0.1, 0.15) is 5.82 Å². The van der Waals surface area contributed by atoms with E-state index in [0.717, 1.165) is 32.4 Å². The number of hydrogen-bond acceptors (Lipinski definition) is 4. The van der Waals surface area contributed by atoms with E-state index in [9.17, 15) is 8.42 Å². The lowest BCUT2D eigenvalue weighted by molar-refractivity contribution is 0.267. The number of nitrogens with zero attached hydrogens (tertiary/aromatic N) is 2. The normalized spacial score (nSPS) is 18.5. The molecule has 114 valence electrons. The maximum absolute atomic E-state index is 12.4. The van der Waals surface area contributed by atoms with Crippen molar-refractivity contribution in [2.24, 2.45) is 5.92 Å². The maximum atomic E-state index is 12.4. The van der Waals surface area contributed by atoms with Crippen molar-refractivity contribution in [1.82, 2.24) is 19.6 Å². The second-order valence-corrected chi connectivity index (χ2v) is 7.29.